The Kier molecular flexibility index (Phi) is 7.04. The molecule has 0 bridgehead atoms. The fraction of sp³-hybridized carbons (Fsp3) is 0.263. The average Bonchev–Trinajstić information content (AvgIpc) is 3.75. The third kappa shape index (κ3) is 4.93. The lowest BCUT2D eigenvalue weighted by atomic mass is 9.77. The summed E-state index contributed by atoms with van der Waals surface area (Å²) in [6.45, 7) is 3.89. The second kappa shape index (κ2) is 11.4. The Morgan fingerprint density at radius 3 is 2.36 bits per heavy atom. The van der Waals surface area contributed by atoms with Crippen molar-refractivity contribution in [1.82, 2.24) is 10.0 Å². The van der Waals surface area contributed by atoms with Gasteiger partial charge in [-0.2, -0.15) is 10.2 Å². The molecule has 0 radical (unpaired) electrons. The SMILES string of the molecule is Cc1ccc(/C=C2/CCCC3C2=NN(C(=O)CN2N=NC4C(=O)N(c5cccc6ccccc56)C(=O)C42)C3c2ccc(C)cc2)cc1. The Labute approximate surface area is 272 Å². The van der Waals surface area contributed by atoms with Crippen molar-refractivity contribution in [3.8, 4) is 0 Å². The van der Waals surface area contributed by atoms with Crippen molar-refractivity contribution in [2.45, 2.75) is 51.2 Å². The fourth-order valence-corrected chi connectivity index (χ4v) is 7.37. The topological polar surface area (TPSA) is 98.0 Å². The fourth-order valence-electron chi connectivity index (χ4n) is 7.37. The molecule has 0 spiro atoms. The molecule has 3 aliphatic heterocycles. The van der Waals surface area contributed by atoms with E-state index >= 15 is 0 Å². The predicted molar refractivity (Wildman–Crippen MR) is 180 cm³/mol. The molecule has 8 rings (SSSR count). The van der Waals surface area contributed by atoms with E-state index in [0.717, 1.165) is 58.0 Å². The zero-order valence-electron chi connectivity index (χ0n) is 26.3. The molecule has 0 aromatic heterocycles. The summed E-state index contributed by atoms with van der Waals surface area (Å²) in [6.07, 6.45) is 4.98. The molecule has 4 aromatic rings. The standard InChI is InChI=1S/C38H34N6O3/c1-23-13-17-25(18-14-23)21-28-9-5-11-30-33(28)40-44(35(30)27-19-15-24(2)16-20-27)32(45)22-42-36-34(39-41-42)37(46)43(38(36)47)31-12-6-8-26-7-3-4-10-29(26)31/h3-4,6-8,10,12-21,30,34-36H,5,9,11,22H2,1-2H3/b28-21-. The van der Waals surface area contributed by atoms with Crippen molar-refractivity contribution in [3.05, 3.63) is 119 Å². The van der Waals surface area contributed by atoms with Crippen LogP contribution in [0.15, 0.2) is 112 Å². The van der Waals surface area contributed by atoms with Crippen LogP contribution in [0.1, 0.15) is 47.6 Å². The maximum absolute atomic E-state index is 14.2. The number of imide groups is 1. The highest BCUT2D eigenvalue weighted by molar-refractivity contribution is 6.27. The molecule has 3 heterocycles. The molecular weight excluding hydrogens is 588 g/mol. The van der Waals surface area contributed by atoms with Gasteiger partial charge in [-0.3, -0.25) is 19.4 Å². The zero-order chi connectivity index (χ0) is 32.2. The van der Waals surface area contributed by atoms with Crippen LogP contribution in [0, 0.1) is 19.8 Å². The molecule has 1 saturated carbocycles. The molecule has 47 heavy (non-hydrogen) atoms. The second-order valence-corrected chi connectivity index (χ2v) is 12.9. The molecule has 1 aliphatic carbocycles. The lowest BCUT2D eigenvalue weighted by Crippen LogP contribution is -2.45. The minimum atomic E-state index is -1.00. The van der Waals surface area contributed by atoms with E-state index in [1.54, 1.807) is 11.1 Å². The average molecular weight is 623 g/mol. The van der Waals surface area contributed by atoms with Crippen molar-refractivity contribution in [2.24, 2.45) is 21.4 Å². The highest BCUT2D eigenvalue weighted by Crippen LogP contribution is 2.45. The van der Waals surface area contributed by atoms with Gasteiger partial charge >= 0.3 is 0 Å². The van der Waals surface area contributed by atoms with Gasteiger partial charge in [0.15, 0.2) is 12.1 Å². The van der Waals surface area contributed by atoms with Gasteiger partial charge in [-0.25, -0.2) is 9.91 Å². The third-order valence-corrected chi connectivity index (χ3v) is 9.76. The first-order valence-electron chi connectivity index (χ1n) is 16.1. The molecule has 4 aliphatic rings. The van der Waals surface area contributed by atoms with Crippen LogP contribution in [0.25, 0.3) is 16.8 Å². The zero-order valence-corrected chi connectivity index (χ0v) is 26.3. The molecule has 234 valence electrons. The largest absolute Gasteiger partial charge is 0.271 e. The van der Waals surface area contributed by atoms with E-state index in [1.807, 2.05) is 43.3 Å². The number of hydrogen-bond acceptors (Lipinski definition) is 7. The van der Waals surface area contributed by atoms with Crippen LogP contribution in [-0.2, 0) is 14.4 Å². The molecule has 0 N–H and O–H groups in total. The van der Waals surface area contributed by atoms with Crippen molar-refractivity contribution in [2.75, 3.05) is 11.4 Å². The molecule has 9 nitrogen and oxygen atoms in total. The lowest BCUT2D eigenvalue weighted by Gasteiger charge is -2.30. The lowest BCUT2D eigenvalue weighted by molar-refractivity contribution is -0.136. The van der Waals surface area contributed by atoms with Crippen LogP contribution in [0.5, 0.6) is 0 Å². The minimum absolute atomic E-state index is 0.0385. The van der Waals surface area contributed by atoms with E-state index in [9.17, 15) is 14.4 Å². The Bertz CT molecular complexity index is 2010. The predicted octanol–water partition coefficient (Wildman–Crippen LogP) is 6.57. The van der Waals surface area contributed by atoms with E-state index in [1.165, 1.54) is 15.5 Å². The van der Waals surface area contributed by atoms with Gasteiger partial charge in [0.2, 0.25) is 0 Å². The van der Waals surface area contributed by atoms with E-state index < -0.39 is 23.9 Å². The molecule has 3 amide bonds. The van der Waals surface area contributed by atoms with Crippen molar-refractivity contribution >= 4 is 46.0 Å². The van der Waals surface area contributed by atoms with Crippen molar-refractivity contribution in [3.63, 3.8) is 0 Å². The molecule has 9 heteroatoms. The van der Waals surface area contributed by atoms with Crippen LogP contribution in [0.3, 0.4) is 0 Å². The number of hydrazone groups is 1. The summed E-state index contributed by atoms with van der Waals surface area (Å²) < 4.78 is 0. The van der Waals surface area contributed by atoms with Crippen LogP contribution in [0.4, 0.5) is 5.69 Å². The summed E-state index contributed by atoms with van der Waals surface area (Å²) in [7, 11) is 0. The van der Waals surface area contributed by atoms with Crippen molar-refractivity contribution < 1.29 is 14.4 Å². The highest BCUT2D eigenvalue weighted by Gasteiger charge is 2.56. The smallest absolute Gasteiger partial charge is 0.264 e. The number of hydrogen-bond donors (Lipinski definition) is 0. The number of rotatable bonds is 5. The van der Waals surface area contributed by atoms with Crippen molar-refractivity contribution in [1.29, 1.82) is 0 Å². The third-order valence-electron chi connectivity index (χ3n) is 9.76. The summed E-state index contributed by atoms with van der Waals surface area (Å²) >= 11 is 0. The number of aryl methyl sites for hydroxylation is 2. The summed E-state index contributed by atoms with van der Waals surface area (Å²) in [6, 6.07) is 27.6. The van der Waals surface area contributed by atoms with E-state index in [0.29, 0.717) is 5.69 Å². The Balaban J connectivity index is 1.10. The number of nitrogens with zero attached hydrogens (tertiary/aromatic N) is 6. The quantitative estimate of drug-likeness (QED) is 0.235. The van der Waals surface area contributed by atoms with E-state index in [-0.39, 0.29) is 24.4 Å². The summed E-state index contributed by atoms with van der Waals surface area (Å²) in [5.41, 5.74) is 7.04. The number of benzene rings is 4. The number of allylic oxidation sites excluding steroid dienone is 1. The van der Waals surface area contributed by atoms with Gasteiger partial charge in [0.25, 0.3) is 17.7 Å². The Morgan fingerprint density at radius 2 is 1.57 bits per heavy atom. The number of amides is 3. The van der Waals surface area contributed by atoms with Gasteiger partial charge < -0.3 is 0 Å². The van der Waals surface area contributed by atoms with Gasteiger partial charge in [-0.1, -0.05) is 101 Å². The first-order chi connectivity index (χ1) is 22.9. The molecule has 1 saturated heterocycles. The van der Waals surface area contributed by atoms with Crippen LogP contribution in [0.2, 0.25) is 0 Å². The Morgan fingerprint density at radius 1 is 0.851 bits per heavy atom. The number of carbonyl (C=O) groups is 3. The molecule has 4 aromatic carbocycles. The monoisotopic (exact) mass is 622 g/mol. The van der Waals surface area contributed by atoms with Gasteiger partial charge in [0.1, 0.15) is 6.54 Å². The molecular formula is C38H34N6O3. The first kappa shape index (κ1) is 29.0. The molecule has 4 unspecified atom stereocenters. The van der Waals surface area contributed by atoms with Gasteiger partial charge in [0, 0.05) is 11.3 Å². The summed E-state index contributed by atoms with van der Waals surface area (Å²) in [4.78, 5) is 42.9. The maximum atomic E-state index is 14.2. The number of fused-ring (bicyclic) bond motifs is 3. The molecule has 2 fully saturated rings. The normalized spacial score (nSPS) is 24.3. The van der Waals surface area contributed by atoms with Crippen LogP contribution in [-0.4, -0.2) is 52.1 Å². The number of carbonyl (C=O) groups excluding carboxylic acids is 3. The van der Waals surface area contributed by atoms with E-state index in [2.05, 4.69) is 71.9 Å². The van der Waals surface area contributed by atoms with Gasteiger partial charge in [0.05, 0.1) is 17.4 Å². The van der Waals surface area contributed by atoms with Crippen LogP contribution < -0.4 is 4.90 Å². The first-order valence-corrected chi connectivity index (χ1v) is 16.1. The van der Waals surface area contributed by atoms with E-state index in [4.69, 9.17) is 5.10 Å². The summed E-state index contributed by atoms with van der Waals surface area (Å²) in [5, 5.41) is 18.1. The minimum Gasteiger partial charge on any atom is -0.271 e. The summed E-state index contributed by atoms with van der Waals surface area (Å²) in [5.74, 6) is -1.13. The van der Waals surface area contributed by atoms with Gasteiger partial charge in [-0.15, -0.1) is 0 Å². The maximum Gasteiger partial charge on any atom is 0.264 e. The Hall–Kier alpha value is -5.44. The molecule has 4 atom stereocenters. The van der Waals surface area contributed by atoms with Gasteiger partial charge in [-0.05, 0) is 67.3 Å². The second-order valence-electron chi connectivity index (χ2n) is 12.9. The highest BCUT2D eigenvalue weighted by atomic mass is 16.2. The number of anilines is 1. The van der Waals surface area contributed by atoms with Crippen LogP contribution >= 0.6 is 0 Å².